The third kappa shape index (κ3) is 3.06. The molecule has 2 heteroatoms. The molecule has 2 rings (SSSR count). The Morgan fingerprint density at radius 1 is 1.20 bits per heavy atom. The van der Waals surface area contributed by atoms with Gasteiger partial charge in [0.25, 0.3) is 0 Å². The van der Waals surface area contributed by atoms with E-state index in [0.29, 0.717) is 11.5 Å². The summed E-state index contributed by atoms with van der Waals surface area (Å²) in [5.41, 5.74) is 7.02. The molecule has 0 spiro atoms. The van der Waals surface area contributed by atoms with Gasteiger partial charge in [-0.2, -0.15) is 0 Å². The highest BCUT2D eigenvalue weighted by Gasteiger charge is 2.44. The average molecular weight is 280 g/mol. The molecule has 2 fully saturated rings. The molecule has 2 N–H and O–H groups in total. The SMILES string of the molecule is CCC(C)(C)C1CCC(CN)(N(C)C(C)C2CC2)CC1. The lowest BCUT2D eigenvalue weighted by atomic mass is 9.65. The van der Waals surface area contributed by atoms with E-state index in [1.165, 1.54) is 44.9 Å². The molecule has 2 saturated carbocycles. The van der Waals surface area contributed by atoms with Crippen molar-refractivity contribution in [3.63, 3.8) is 0 Å². The van der Waals surface area contributed by atoms with Crippen molar-refractivity contribution in [1.82, 2.24) is 4.90 Å². The molecule has 20 heavy (non-hydrogen) atoms. The molecule has 0 amide bonds. The molecule has 0 saturated heterocycles. The highest BCUT2D eigenvalue weighted by atomic mass is 15.2. The Labute approximate surface area is 126 Å². The van der Waals surface area contributed by atoms with Crippen molar-refractivity contribution in [1.29, 1.82) is 0 Å². The average Bonchev–Trinajstić information content (AvgIpc) is 3.30. The number of likely N-dealkylation sites (N-methyl/N-ethyl adjacent to an activating group) is 1. The fourth-order valence-electron chi connectivity index (χ4n) is 4.25. The molecule has 1 atom stereocenters. The van der Waals surface area contributed by atoms with Gasteiger partial charge >= 0.3 is 0 Å². The van der Waals surface area contributed by atoms with Crippen LogP contribution in [-0.2, 0) is 0 Å². The Balaban J connectivity index is 2.00. The summed E-state index contributed by atoms with van der Waals surface area (Å²) >= 11 is 0. The van der Waals surface area contributed by atoms with Gasteiger partial charge in [0.1, 0.15) is 0 Å². The highest BCUT2D eigenvalue weighted by Crippen LogP contribution is 2.46. The molecule has 2 nitrogen and oxygen atoms in total. The molecule has 1 unspecified atom stereocenters. The molecular formula is C18H36N2. The van der Waals surface area contributed by atoms with Crippen LogP contribution in [0.25, 0.3) is 0 Å². The van der Waals surface area contributed by atoms with Crippen molar-refractivity contribution < 1.29 is 0 Å². The van der Waals surface area contributed by atoms with E-state index in [0.717, 1.165) is 18.4 Å². The van der Waals surface area contributed by atoms with Crippen LogP contribution in [0.3, 0.4) is 0 Å². The minimum Gasteiger partial charge on any atom is -0.329 e. The van der Waals surface area contributed by atoms with Gasteiger partial charge in [0.15, 0.2) is 0 Å². The molecule has 0 bridgehead atoms. The highest BCUT2D eigenvalue weighted by molar-refractivity contribution is 5.00. The standard InChI is InChI=1S/C18H36N2/c1-6-17(3,4)16-9-11-18(13-19,12-10-16)20(5)14(2)15-7-8-15/h14-16H,6-13,19H2,1-5H3. The summed E-state index contributed by atoms with van der Waals surface area (Å²) in [5, 5.41) is 0. The minimum absolute atomic E-state index is 0.280. The Hall–Kier alpha value is -0.0800. The van der Waals surface area contributed by atoms with Gasteiger partial charge in [0.05, 0.1) is 0 Å². The van der Waals surface area contributed by atoms with Crippen LogP contribution in [0.2, 0.25) is 0 Å². The maximum absolute atomic E-state index is 6.24. The Morgan fingerprint density at radius 3 is 2.15 bits per heavy atom. The second-order valence-corrected chi connectivity index (χ2v) is 8.23. The maximum atomic E-state index is 6.24. The number of nitrogens with two attached hydrogens (primary N) is 1. The van der Waals surface area contributed by atoms with Crippen LogP contribution in [0.1, 0.15) is 72.6 Å². The van der Waals surface area contributed by atoms with Gasteiger partial charge in [-0.25, -0.2) is 0 Å². The Kier molecular flexibility index (Phi) is 4.86. The van der Waals surface area contributed by atoms with Gasteiger partial charge in [0, 0.05) is 18.1 Å². The molecule has 0 radical (unpaired) electrons. The van der Waals surface area contributed by atoms with Gasteiger partial charge in [-0.3, -0.25) is 4.90 Å². The molecule has 0 aromatic rings. The van der Waals surface area contributed by atoms with Crippen molar-refractivity contribution in [2.45, 2.75) is 84.2 Å². The van der Waals surface area contributed by atoms with Crippen LogP contribution in [0, 0.1) is 17.3 Å². The van der Waals surface area contributed by atoms with E-state index in [4.69, 9.17) is 5.73 Å². The largest absolute Gasteiger partial charge is 0.329 e. The minimum atomic E-state index is 0.280. The number of hydrogen-bond donors (Lipinski definition) is 1. The summed E-state index contributed by atoms with van der Waals surface area (Å²) in [4.78, 5) is 2.65. The number of rotatable bonds is 6. The summed E-state index contributed by atoms with van der Waals surface area (Å²) in [5.74, 6) is 1.82. The molecule has 0 aromatic carbocycles. The summed E-state index contributed by atoms with van der Waals surface area (Å²) in [6, 6.07) is 0.717. The zero-order valence-electron chi connectivity index (χ0n) is 14.4. The molecule has 0 aliphatic heterocycles. The predicted octanol–water partition coefficient (Wildman–Crippen LogP) is 4.04. The fraction of sp³-hybridized carbons (Fsp3) is 1.00. The van der Waals surface area contributed by atoms with E-state index in [2.05, 4.69) is 39.6 Å². The number of hydrogen-bond acceptors (Lipinski definition) is 2. The van der Waals surface area contributed by atoms with Crippen molar-refractivity contribution in [3.8, 4) is 0 Å². The first-order chi connectivity index (χ1) is 9.36. The number of nitrogens with zero attached hydrogens (tertiary/aromatic N) is 1. The summed E-state index contributed by atoms with van der Waals surface area (Å²) < 4.78 is 0. The maximum Gasteiger partial charge on any atom is 0.0331 e. The van der Waals surface area contributed by atoms with E-state index < -0.39 is 0 Å². The first-order valence-electron chi connectivity index (χ1n) is 8.79. The zero-order valence-corrected chi connectivity index (χ0v) is 14.4. The first kappa shape index (κ1) is 16.3. The fourth-order valence-corrected chi connectivity index (χ4v) is 4.25. The molecule has 2 aliphatic carbocycles. The van der Waals surface area contributed by atoms with Crippen molar-refractivity contribution in [2.75, 3.05) is 13.6 Å². The summed E-state index contributed by atoms with van der Waals surface area (Å²) in [7, 11) is 2.33. The van der Waals surface area contributed by atoms with E-state index in [1.807, 2.05) is 0 Å². The van der Waals surface area contributed by atoms with Crippen molar-refractivity contribution in [2.24, 2.45) is 23.0 Å². The van der Waals surface area contributed by atoms with Crippen LogP contribution in [-0.4, -0.2) is 30.1 Å². The molecule has 0 aromatic heterocycles. The second kappa shape index (κ2) is 5.96. The normalized spacial score (nSPS) is 33.5. The topological polar surface area (TPSA) is 29.3 Å². The lowest BCUT2D eigenvalue weighted by Crippen LogP contribution is -2.58. The molecule has 0 heterocycles. The lowest BCUT2D eigenvalue weighted by molar-refractivity contribution is 0.00644. The van der Waals surface area contributed by atoms with Gasteiger partial charge in [0.2, 0.25) is 0 Å². The molecule has 118 valence electrons. The second-order valence-electron chi connectivity index (χ2n) is 8.23. The third-order valence-corrected chi connectivity index (χ3v) is 6.98. The summed E-state index contributed by atoms with van der Waals surface area (Å²) in [6.45, 7) is 10.5. The van der Waals surface area contributed by atoms with Gasteiger partial charge < -0.3 is 5.73 Å². The van der Waals surface area contributed by atoms with E-state index in [9.17, 15) is 0 Å². The van der Waals surface area contributed by atoms with Crippen molar-refractivity contribution >= 4 is 0 Å². The summed E-state index contributed by atoms with van der Waals surface area (Å²) in [6.07, 6.45) is 9.47. The van der Waals surface area contributed by atoms with Gasteiger partial charge in [-0.15, -0.1) is 0 Å². The Bertz CT molecular complexity index is 311. The van der Waals surface area contributed by atoms with Crippen molar-refractivity contribution in [3.05, 3.63) is 0 Å². The third-order valence-electron chi connectivity index (χ3n) is 6.98. The van der Waals surface area contributed by atoms with Gasteiger partial charge in [-0.05, 0) is 69.7 Å². The van der Waals surface area contributed by atoms with Gasteiger partial charge in [-0.1, -0.05) is 27.2 Å². The van der Waals surface area contributed by atoms with E-state index >= 15 is 0 Å². The zero-order chi connectivity index (χ0) is 15.0. The van der Waals surface area contributed by atoms with Crippen LogP contribution in [0.5, 0.6) is 0 Å². The smallest absolute Gasteiger partial charge is 0.0331 e. The molecular weight excluding hydrogens is 244 g/mol. The monoisotopic (exact) mass is 280 g/mol. The molecule has 2 aliphatic rings. The van der Waals surface area contributed by atoms with Crippen LogP contribution in [0.4, 0.5) is 0 Å². The van der Waals surface area contributed by atoms with Crippen LogP contribution >= 0.6 is 0 Å². The van der Waals surface area contributed by atoms with Crippen LogP contribution in [0.15, 0.2) is 0 Å². The van der Waals surface area contributed by atoms with E-state index in [-0.39, 0.29) is 5.54 Å². The van der Waals surface area contributed by atoms with Crippen LogP contribution < -0.4 is 5.73 Å². The Morgan fingerprint density at radius 2 is 1.75 bits per heavy atom. The predicted molar refractivity (Wildman–Crippen MR) is 87.8 cm³/mol. The lowest BCUT2D eigenvalue weighted by Gasteiger charge is -2.51. The quantitative estimate of drug-likeness (QED) is 0.795. The first-order valence-corrected chi connectivity index (χ1v) is 8.79. The van der Waals surface area contributed by atoms with E-state index in [1.54, 1.807) is 0 Å².